The Hall–Kier alpha value is -0.840. The van der Waals surface area contributed by atoms with Gasteiger partial charge in [-0.3, -0.25) is 9.48 Å². The monoisotopic (exact) mass is 469 g/mol. The Kier molecular flexibility index (Phi) is 15.3. The molecule has 1 N–H and O–H groups in total. The van der Waals surface area contributed by atoms with Crippen LogP contribution in [0, 0.1) is 6.92 Å². The molecule has 0 unspecified atom stereocenters. The van der Waals surface area contributed by atoms with Crippen molar-refractivity contribution >= 4 is 21.8 Å². The van der Waals surface area contributed by atoms with E-state index in [0.29, 0.717) is 5.69 Å². The lowest BCUT2D eigenvalue weighted by molar-refractivity contribution is 0.0942. The Balaban J connectivity index is 1.85. The first-order chi connectivity index (χ1) is 14.1. The van der Waals surface area contributed by atoms with Gasteiger partial charge in [0.15, 0.2) is 0 Å². The zero-order valence-electron chi connectivity index (χ0n) is 19.2. The SMILES string of the molecule is CCCCCCCCCCCCCCCCCCNC(=O)c1c(Br)c(C)nn1C. The number of carbonyl (C=O) groups excluding carboxylic acids is 1. The molecule has 29 heavy (non-hydrogen) atoms. The smallest absolute Gasteiger partial charge is 0.270 e. The highest BCUT2D eigenvalue weighted by Crippen LogP contribution is 2.20. The summed E-state index contributed by atoms with van der Waals surface area (Å²) in [7, 11) is 1.81. The van der Waals surface area contributed by atoms with Crippen LogP contribution in [0.3, 0.4) is 0 Å². The van der Waals surface area contributed by atoms with Gasteiger partial charge in [0.25, 0.3) is 5.91 Å². The van der Waals surface area contributed by atoms with Crippen LogP contribution in [0.2, 0.25) is 0 Å². The van der Waals surface area contributed by atoms with Crippen LogP contribution in [0.4, 0.5) is 0 Å². The molecule has 0 aromatic carbocycles. The lowest BCUT2D eigenvalue weighted by atomic mass is 10.0. The van der Waals surface area contributed by atoms with Gasteiger partial charge in [-0.1, -0.05) is 103 Å². The lowest BCUT2D eigenvalue weighted by Gasteiger charge is -2.06. The fourth-order valence-electron chi connectivity index (χ4n) is 3.84. The van der Waals surface area contributed by atoms with Crippen molar-refractivity contribution in [2.75, 3.05) is 6.54 Å². The Labute approximate surface area is 187 Å². The number of hydrogen-bond acceptors (Lipinski definition) is 2. The Morgan fingerprint density at radius 3 is 1.62 bits per heavy atom. The zero-order chi connectivity index (χ0) is 21.3. The summed E-state index contributed by atoms with van der Waals surface area (Å²) in [6, 6.07) is 0. The fraction of sp³-hybridized carbons (Fsp3) is 0.833. The van der Waals surface area contributed by atoms with Gasteiger partial charge >= 0.3 is 0 Å². The third kappa shape index (κ3) is 11.8. The van der Waals surface area contributed by atoms with Gasteiger partial charge < -0.3 is 5.32 Å². The summed E-state index contributed by atoms with van der Waals surface area (Å²) in [6.45, 7) is 4.93. The summed E-state index contributed by atoms with van der Waals surface area (Å²) < 4.78 is 2.44. The predicted octanol–water partition coefficient (Wildman–Crippen LogP) is 7.48. The molecule has 1 amide bonds. The highest BCUT2D eigenvalue weighted by Gasteiger charge is 2.17. The van der Waals surface area contributed by atoms with Crippen molar-refractivity contribution in [3.05, 3.63) is 15.9 Å². The quantitative estimate of drug-likeness (QED) is 0.226. The van der Waals surface area contributed by atoms with Crippen LogP contribution in [-0.2, 0) is 7.05 Å². The zero-order valence-corrected chi connectivity index (χ0v) is 20.8. The number of hydrogen-bond donors (Lipinski definition) is 1. The molecule has 0 aliphatic heterocycles. The third-order valence-electron chi connectivity index (χ3n) is 5.68. The molecule has 1 aromatic rings. The number of nitrogens with zero attached hydrogens (tertiary/aromatic N) is 2. The minimum absolute atomic E-state index is 0.0408. The van der Waals surface area contributed by atoms with Gasteiger partial charge in [-0.2, -0.15) is 5.10 Å². The number of nitrogens with one attached hydrogen (secondary N) is 1. The molecule has 0 atom stereocenters. The van der Waals surface area contributed by atoms with Crippen molar-refractivity contribution < 1.29 is 4.79 Å². The topological polar surface area (TPSA) is 46.9 Å². The Bertz CT molecular complexity index is 557. The van der Waals surface area contributed by atoms with Crippen LogP contribution in [0.25, 0.3) is 0 Å². The molecule has 0 aliphatic carbocycles. The summed E-state index contributed by atoms with van der Waals surface area (Å²) in [5.74, 6) is -0.0408. The van der Waals surface area contributed by atoms with E-state index in [-0.39, 0.29) is 5.91 Å². The predicted molar refractivity (Wildman–Crippen MR) is 128 cm³/mol. The molecule has 1 heterocycles. The van der Waals surface area contributed by atoms with Crippen molar-refractivity contribution in [1.29, 1.82) is 0 Å². The second-order valence-corrected chi connectivity index (χ2v) is 9.22. The van der Waals surface area contributed by atoms with Crippen molar-refractivity contribution in [2.24, 2.45) is 7.05 Å². The summed E-state index contributed by atoms with van der Waals surface area (Å²) in [4.78, 5) is 12.3. The van der Waals surface area contributed by atoms with E-state index in [1.807, 2.05) is 6.92 Å². The summed E-state index contributed by atoms with van der Waals surface area (Å²) in [5.41, 5.74) is 1.46. The minimum Gasteiger partial charge on any atom is -0.351 e. The molecule has 0 saturated carbocycles. The van der Waals surface area contributed by atoms with E-state index < -0.39 is 0 Å². The van der Waals surface area contributed by atoms with Crippen LogP contribution in [0.1, 0.15) is 126 Å². The van der Waals surface area contributed by atoms with Crippen molar-refractivity contribution in [2.45, 2.75) is 117 Å². The standard InChI is InChI=1S/C24H44BrN3O/c1-4-5-6-7-8-9-10-11-12-13-14-15-16-17-18-19-20-26-24(29)23-22(25)21(2)27-28(23)3/h4-20H2,1-3H3,(H,26,29). The second-order valence-electron chi connectivity index (χ2n) is 8.43. The number of rotatable bonds is 18. The molecule has 0 spiro atoms. The Morgan fingerprint density at radius 1 is 0.828 bits per heavy atom. The van der Waals surface area contributed by atoms with Gasteiger partial charge in [0.1, 0.15) is 5.69 Å². The van der Waals surface area contributed by atoms with Gasteiger partial charge in [-0.25, -0.2) is 0 Å². The van der Waals surface area contributed by atoms with Gasteiger partial charge in [0, 0.05) is 13.6 Å². The van der Waals surface area contributed by atoms with Crippen LogP contribution in [0.15, 0.2) is 4.47 Å². The molecular weight excluding hydrogens is 426 g/mol. The Morgan fingerprint density at radius 2 is 1.24 bits per heavy atom. The largest absolute Gasteiger partial charge is 0.351 e. The van der Waals surface area contributed by atoms with E-state index in [1.54, 1.807) is 11.7 Å². The van der Waals surface area contributed by atoms with E-state index in [1.165, 1.54) is 96.3 Å². The molecule has 5 heteroatoms. The van der Waals surface area contributed by atoms with E-state index in [0.717, 1.165) is 23.1 Å². The maximum atomic E-state index is 12.3. The average molecular weight is 471 g/mol. The molecule has 1 rings (SSSR count). The normalized spacial score (nSPS) is 11.2. The number of aromatic nitrogens is 2. The summed E-state index contributed by atoms with van der Waals surface area (Å²) in [6.07, 6.45) is 21.8. The average Bonchev–Trinajstić information content (AvgIpc) is 2.95. The van der Waals surface area contributed by atoms with E-state index in [4.69, 9.17) is 0 Å². The van der Waals surface area contributed by atoms with Gasteiger partial charge in [0.2, 0.25) is 0 Å². The lowest BCUT2D eigenvalue weighted by Crippen LogP contribution is -2.26. The van der Waals surface area contributed by atoms with E-state index in [9.17, 15) is 4.79 Å². The van der Waals surface area contributed by atoms with Crippen LogP contribution in [-0.4, -0.2) is 22.2 Å². The first-order valence-corrected chi connectivity index (χ1v) is 12.8. The third-order valence-corrected chi connectivity index (χ3v) is 6.63. The molecule has 0 radical (unpaired) electrons. The molecule has 0 bridgehead atoms. The first kappa shape index (κ1) is 26.2. The second kappa shape index (κ2) is 16.9. The first-order valence-electron chi connectivity index (χ1n) is 12.0. The number of unbranched alkanes of at least 4 members (excludes halogenated alkanes) is 15. The molecule has 4 nitrogen and oxygen atoms in total. The number of halogens is 1. The molecule has 0 aliphatic rings. The summed E-state index contributed by atoms with van der Waals surface area (Å²) in [5, 5.41) is 7.28. The highest BCUT2D eigenvalue weighted by molar-refractivity contribution is 9.10. The molecule has 1 aromatic heterocycles. The number of aryl methyl sites for hydroxylation is 2. The molecule has 0 saturated heterocycles. The van der Waals surface area contributed by atoms with Gasteiger partial charge in [-0.05, 0) is 29.3 Å². The molecule has 0 fully saturated rings. The maximum absolute atomic E-state index is 12.3. The van der Waals surface area contributed by atoms with E-state index in [2.05, 4.69) is 33.3 Å². The maximum Gasteiger partial charge on any atom is 0.270 e. The highest BCUT2D eigenvalue weighted by atomic mass is 79.9. The molecule has 168 valence electrons. The van der Waals surface area contributed by atoms with Crippen molar-refractivity contribution in [1.82, 2.24) is 15.1 Å². The molecular formula is C24H44BrN3O. The number of carbonyl (C=O) groups is 1. The van der Waals surface area contributed by atoms with Gasteiger partial charge in [0.05, 0.1) is 10.2 Å². The fourth-order valence-corrected chi connectivity index (χ4v) is 4.35. The van der Waals surface area contributed by atoms with Crippen molar-refractivity contribution in [3.63, 3.8) is 0 Å². The summed E-state index contributed by atoms with van der Waals surface area (Å²) >= 11 is 3.45. The van der Waals surface area contributed by atoms with Crippen LogP contribution in [0.5, 0.6) is 0 Å². The van der Waals surface area contributed by atoms with Crippen LogP contribution < -0.4 is 5.32 Å². The minimum atomic E-state index is -0.0408. The number of amides is 1. The van der Waals surface area contributed by atoms with Crippen molar-refractivity contribution in [3.8, 4) is 0 Å². The van der Waals surface area contributed by atoms with Crippen LogP contribution >= 0.6 is 15.9 Å². The van der Waals surface area contributed by atoms with E-state index >= 15 is 0 Å². The van der Waals surface area contributed by atoms with Gasteiger partial charge in [-0.15, -0.1) is 0 Å².